The molecule has 1 aliphatic rings. The highest BCUT2D eigenvalue weighted by Crippen LogP contribution is 2.49. The molecule has 2 rings (SSSR count). The van der Waals surface area contributed by atoms with Crippen molar-refractivity contribution in [2.75, 3.05) is 17.6 Å². The molecule has 3 N–H and O–H groups in total. The normalized spacial score (nSPS) is 16.2. The van der Waals surface area contributed by atoms with Gasteiger partial charge >= 0.3 is 0 Å². The third-order valence-corrected chi connectivity index (χ3v) is 3.40. The molecule has 0 amide bonds. The van der Waals surface area contributed by atoms with Crippen molar-refractivity contribution < 1.29 is 0 Å². The largest absolute Gasteiger partial charge is 0.397 e. The van der Waals surface area contributed by atoms with Crippen molar-refractivity contribution in [2.24, 2.45) is 5.41 Å². The molecule has 0 unspecified atom stereocenters. The summed E-state index contributed by atoms with van der Waals surface area (Å²) in [5.41, 5.74) is 7.11. The topological polar surface area (TPSA) is 74.7 Å². The van der Waals surface area contributed by atoms with Gasteiger partial charge in [-0.1, -0.05) is 13.3 Å². The number of aromatic nitrogens is 1. The molecule has 1 saturated carbocycles. The zero-order valence-corrected chi connectivity index (χ0v) is 10.2. The van der Waals surface area contributed by atoms with Crippen LogP contribution in [0.15, 0.2) is 12.3 Å². The Morgan fingerprint density at radius 2 is 2.35 bits per heavy atom. The van der Waals surface area contributed by atoms with E-state index in [9.17, 15) is 0 Å². The lowest BCUT2D eigenvalue weighted by Crippen LogP contribution is -2.16. The number of nitrogen functional groups attached to an aromatic ring is 1. The van der Waals surface area contributed by atoms with E-state index in [0.29, 0.717) is 22.5 Å². The Hall–Kier alpha value is -1.76. The summed E-state index contributed by atoms with van der Waals surface area (Å²) in [7, 11) is 0. The van der Waals surface area contributed by atoms with Crippen LogP contribution in [0.3, 0.4) is 0 Å². The zero-order valence-electron chi connectivity index (χ0n) is 10.2. The van der Waals surface area contributed by atoms with Crippen LogP contribution in [0, 0.1) is 16.7 Å². The first kappa shape index (κ1) is 11.7. The van der Waals surface area contributed by atoms with Crippen LogP contribution in [0.25, 0.3) is 0 Å². The number of pyridine rings is 1. The summed E-state index contributed by atoms with van der Waals surface area (Å²) in [5.74, 6) is 0.657. The number of nitrogens with one attached hydrogen (secondary N) is 1. The molecule has 1 aromatic rings. The van der Waals surface area contributed by atoms with Crippen LogP contribution in [-0.2, 0) is 0 Å². The fourth-order valence-electron chi connectivity index (χ4n) is 2.20. The predicted molar refractivity (Wildman–Crippen MR) is 68.4 cm³/mol. The molecule has 90 valence electrons. The van der Waals surface area contributed by atoms with E-state index in [0.717, 1.165) is 6.54 Å². The van der Waals surface area contributed by atoms with Gasteiger partial charge in [0, 0.05) is 6.54 Å². The molecule has 0 radical (unpaired) electrons. The molecule has 0 bridgehead atoms. The van der Waals surface area contributed by atoms with Crippen molar-refractivity contribution in [1.82, 2.24) is 4.98 Å². The average Bonchev–Trinajstić information content (AvgIpc) is 3.08. The van der Waals surface area contributed by atoms with Gasteiger partial charge in [0.1, 0.15) is 11.9 Å². The summed E-state index contributed by atoms with van der Waals surface area (Å²) in [6.07, 6.45) is 6.61. The quantitative estimate of drug-likeness (QED) is 0.815. The Morgan fingerprint density at radius 1 is 1.59 bits per heavy atom. The SMILES string of the molecule is CCCC1(CNc2ncc(N)cc2C#N)CC1. The van der Waals surface area contributed by atoms with E-state index in [1.807, 2.05) is 0 Å². The number of anilines is 2. The second-order valence-corrected chi connectivity index (χ2v) is 4.88. The van der Waals surface area contributed by atoms with Gasteiger partial charge in [0.25, 0.3) is 0 Å². The van der Waals surface area contributed by atoms with Gasteiger partial charge in [-0.3, -0.25) is 0 Å². The Morgan fingerprint density at radius 3 is 2.94 bits per heavy atom. The molecule has 4 nitrogen and oxygen atoms in total. The third kappa shape index (κ3) is 2.68. The van der Waals surface area contributed by atoms with Crippen LogP contribution in [0.5, 0.6) is 0 Å². The molecule has 1 aliphatic carbocycles. The van der Waals surface area contributed by atoms with Crippen LogP contribution >= 0.6 is 0 Å². The van der Waals surface area contributed by atoms with Crippen LogP contribution in [0.1, 0.15) is 38.2 Å². The zero-order chi connectivity index (χ0) is 12.3. The number of nitrogens with two attached hydrogens (primary N) is 1. The fraction of sp³-hybridized carbons (Fsp3) is 0.538. The first-order chi connectivity index (χ1) is 8.19. The van der Waals surface area contributed by atoms with Crippen LogP contribution in [0.4, 0.5) is 11.5 Å². The number of hydrogen-bond acceptors (Lipinski definition) is 4. The van der Waals surface area contributed by atoms with Crippen LogP contribution in [0.2, 0.25) is 0 Å². The summed E-state index contributed by atoms with van der Waals surface area (Å²) in [4.78, 5) is 4.18. The Labute approximate surface area is 102 Å². The van der Waals surface area contributed by atoms with Crippen molar-refractivity contribution in [3.63, 3.8) is 0 Å². The van der Waals surface area contributed by atoms with Gasteiger partial charge in [0.15, 0.2) is 0 Å². The summed E-state index contributed by atoms with van der Waals surface area (Å²) >= 11 is 0. The summed E-state index contributed by atoms with van der Waals surface area (Å²) in [6, 6.07) is 3.78. The summed E-state index contributed by atoms with van der Waals surface area (Å²) in [6.45, 7) is 3.12. The van der Waals surface area contributed by atoms with Gasteiger partial charge in [-0.05, 0) is 30.7 Å². The van der Waals surface area contributed by atoms with Crippen molar-refractivity contribution in [3.05, 3.63) is 17.8 Å². The molecular formula is C13H18N4. The van der Waals surface area contributed by atoms with E-state index < -0.39 is 0 Å². The van der Waals surface area contributed by atoms with Crippen LogP contribution < -0.4 is 11.1 Å². The highest BCUT2D eigenvalue weighted by molar-refractivity contribution is 5.57. The van der Waals surface area contributed by atoms with Crippen molar-refractivity contribution in [1.29, 1.82) is 5.26 Å². The standard InChI is InChI=1S/C13H18N4/c1-2-3-13(4-5-13)9-17-12-10(7-14)6-11(15)8-16-12/h6,8H,2-5,9,15H2,1H3,(H,16,17). The minimum Gasteiger partial charge on any atom is -0.397 e. The fourth-order valence-corrected chi connectivity index (χ4v) is 2.20. The Balaban J connectivity index is 2.02. The molecule has 1 aromatic heterocycles. The molecule has 0 aliphatic heterocycles. The van der Waals surface area contributed by atoms with Gasteiger partial charge < -0.3 is 11.1 Å². The molecule has 1 heterocycles. The van der Waals surface area contributed by atoms with Crippen molar-refractivity contribution in [3.8, 4) is 6.07 Å². The van der Waals surface area contributed by atoms with Crippen LogP contribution in [-0.4, -0.2) is 11.5 Å². The molecule has 17 heavy (non-hydrogen) atoms. The number of nitrogens with zero attached hydrogens (tertiary/aromatic N) is 2. The maximum atomic E-state index is 9.01. The lowest BCUT2D eigenvalue weighted by atomic mass is 10.0. The Bertz CT molecular complexity index is 443. The molecule has 4 heteroatoms. The monoisotopic (exact) mass is 230 g/mol. The van der Waals surface area contributed by atoms with Gasteiger partial charge in [-0.25, -0.2) is 4.98 Å². The second-order valence-electron chi connectivity index (χ2n) is 4.88. The van der Waals surface area contributed by atoms with Gasteiger partial charge in [-0.2, -0.15) is 5.26 Å². The van der Waals surface area contributed by atoms with Gasteiger partial charge in [0.2, 0.25) is 0 Å². The van der Waals surface area contributed by atoms with Gasteiger partial charge in [0.05, 0.1) is 17.4 Å². The highest BCUT2D eigenvalue weighted by Gasteiger charge is 2.41. The number of hydrogen-bond donors (Lipinski definition) is 2. The molecule has 1 fully saturated rings. The molecule has 0 spiro atoms. The van der Waals surface area contributed by atoms with E-state index in [-0.39, 0.29) is 0 Å². The van der Waals surface area contributed by atoms with Crippen molar-refractivity contribution >= 4 is 11.5 Å². The third-order valence-electron chi connectivity index (χ3n) is 3.40. The first-order valence-corrected chi connectivity index (χ1v) is 6.08. The minimum absolute atomic E-state index is 0.449. The predicted octanol–water partition coefficient (Wildman–Crippen LogP) is 2.53. The van der Waals surface area contributed by atoms with E-state index in [2.05, 4.69) is 23.3 Å². The van der Waals surface area contributed by atoms with E-state index in [1.165, 1.54) is 25.7 Å². The maximum Gasteiger partial charge on any atom is 0.144 e. The minimum atomic E-state index is 0.449. The second kappa shape index (κ2) is 4.62. The molecule has 0 atom stereocenters. The first-order valence-electron chi connectivity index (χ1n) is 6.08. The van der Waals surface area contributed by atoms with E-state index >= 15 is 0 Å². The highest BCUT2D eigenvalue weighted by atomic mass is 15.0. The molecular weight excluding hydrogens is 212 g/mol. The Kier molecular flexibility index (Phi) is 3.19. The number of rotatable bonds is 5. The lowest BCUT2D eigenvalue weighted by molar-refractivity contribution is 0.485. The number of nitriles is 1. The van der Waals surface area contributed by atoms with E-state index in [4.69, 9.17) is 11.0 Å². The van der Waals surface area contributed by atoms with Crippen molar-refractivity contribution in [2.45, 2.75) is 32.6 Å². The smallest absolute Gasteiger partial charge is 0.144 e. The average molecular weight is 230 g/mol. The molecule has 0 saturated heterocycles. The van der Waals surface area contributed by atoms with E-state index in [1.54, 1.807) is 12.3 Å². The summed E-state index contributed by atoms with van der Waals surface area (Å²) < 4.78 is 0. The lowest BCUT2D eigenvalue weighted by Gasteiger charge is -2.15. The maximum absolute atomic E-state index is 9.01. The van der Waals surface area contributed by atoms with Gasteiger partial charge in [-0.15, -0.1) is 0 Å². The molecule has 0 aromatic carbocycles. The summed E-state index contributed by atoms with van der Waals surface area (Å²) in [5, 5.41) is 12.3.